The summed E-state index contributed by atoms with van der Waals surface area (Å²) >= 11 is 3.43. The third kappa shape index (κ3) is 3.68. The monoisotopic (exact) mass is 318 g/mol. The fraction of sp³-hybridized carbons (Fsp3) is 0.294. The minimum atomic E-state index is -0.834. The fourth-order valence-corrected chi connectivity index (χ4v) is 2.49. The molecule has 1 N–H and O–H groups in total. The second-order valence-electron chi connectivity index (χ2n) is 5.13. The molecule has 0 aliphatic heterocycles. The standard InChI is InChI=1S/C17H19BrO/c1-3-13-5-4-6-15(11-13)17(2,19)12-14-7-9-16(18)10-8-14/h4-11,19H,3,12H2,1-2H3. The van der Waals surface area contributed by atoms with Crippen LogP contribution in [0.15, 0.2) is 53.0 Å². The molecule has 0 radical (unpaired) electrons. The van der Waals surface area contributed by atoms with Gasteiger partial charge in [-0.1, -0.05) is 59.3 Å². The molecule has 2 aromatic carbocycles. The average Bonchev–Trinajstić information content (AvgIpc) is 2.41. The van der Waals surface area contributed by atoms with Gasteiger partial charge in [-0.15, -0.1) is 0 Å². The molecule has 0 saturated heterocycles. The zero-order valence-electron chi connectivity index (χ0n) is 11.4. The lowest BCUT2D eigenvalue weighted by Gasteiger charge is -2.24. The molecule has 0 bridgehead atoms. The molecule has 1 atom stereocenters. The number of hydrogen-bond donors (Lipinski definition) is 1. The molecular formula is C17H19BrO. The molecule has 0 aromatic heterocycles. The van der Waals surface area contributed by atoms with Crippen LogP contribution in [0.5, 0.6) is 0 Å². The Balaban J connectivity index is 2.23. The zero-order chi connectivity index (χ0) is 13.9. The number of benzene rings is 2. The highest BCUT2D eigenvalue weighted by atomic mass is 79.9. The van der Waals surface area contributed by atoms with Crippen LogP contribution >= 0.6 is 15.9 Å². The molecule has 2 heteroatoms. The Morgan fingerprint density at radius 3 is 2.37 bits per heavy atom. The predicted molar refractivity (Wildman–Crippen MR) is 83.2 cm³/mol. The first-order chi connectivity index (χ1) is 9.01. The van der Waals surface area contributed by atoms with Crippen LogP contribution in [0.2, 0.25) is 0 Å². The molecule has 1 unspecified atom stereocenters. The molecule has 100 valence electrons. The molecule has 0 spiro atoms. The van der Waals surface area contributed by atoms with Gasteiger partial charge in [-0.3, -0.25) is 0 Å². The Morgan fingerprint density at radius 2 is 1.74 bits per heavy atom. The van der Waals surface area contributed by atoms with Gasteiger partial charge in [0.25, 0.3) is 0 Å². The number of aliphatic hydroxyl groups is 1. The molecule has 1 nitrogen and oxygen atoms in total. The van der Waals surface area contributed by atoms with E-state index in [2.05, 4.69) is 35.0 Å². The van der Waals surface area contributed by atoms with Gasteiger partial charge in [-0.05, 0) is 42.2 Å². The highest BCUT2D eigenvalue weighted by Gasteiger charge is 2.23. The van der Waals surface area contributed by atoms with E-state index in [-0.39, 0.29) is 0 Å². The third-order valence-corrected chi connectivity index (χ3v) is 3.95. The van der Waals surface area contributed by atoms with Gasteiger partial charge in [-0.25, -0.2) is 0 Å². The van der Waals surface area contributed by atoms with E-state index in [0.717, 1.165) is 22.0 Å². The van der Waals surface area contributed by atoms with Gasteiger partial charge < -0.3 is 5.11 Å². The van der Waals surface area contributed by atoms with Crippen LogP contribution in [0.4, 0.5) is 0 Å². The second-order valence-corrected chi connectivity index (χ2v) is 6.05. The Kier molecular flexibility index (Phi) is 4.43. The van der Waals surface area contributed by atoms with Crippen LogP contribution in [0, 0.1) is 0 Å². The maximum Gasteiger partial charge on any atom is 0.0908 e. The van der Waals surface area contributed by atoms with Gasteiger partial charge in [0.15, 0.2) is 0 Å². The maximum atomic E-state index is 10.7. The zero-order valence-corrected chi connectivity index (χ0v) is 12.9. The van der Waals surface area contributed by atoms with E-state index in [0.29, 0.717) is 6.42 Å². The predicted octanol–water partition coefficient (Wildman–Crippen LogP) is 4.46. The summed E-state index contributed by atoms with van der Waals surface area (Å²) in [5.74, 6) is 0. The summed E-state index contributed by atoms with van der Waals surface area (Å²) in [6.07, 6.45) is 1.61. The molecule has 0 aliphatic carbocycles. The molecular weight excluding hydrogens is 300 g/mol. The van der Waals surface area contributed by atoms with Crippen LogP contribution in [-0.4, -0.2) is 5.11 Å². The lowest BCUT2D eigenvalue weighted by molar-refractivity contribution is 0.0575. The summed E-state index contributed by atoms with van der Waals surface area (Å²) in [6, 6.07) is 16.3. The average molecular weight is 319 g/mol. The maximum absolute atomic E-state index is 10.7. The minimum absolute atomic E-state index is 0.618. The van der Waals surface area contributed by atoms with E-state index < -0.39 is 5.60 Å². The van der Waals surface area contributed by atoms with E-state index in [1.54, 1.807) is 0 Å². The molecule has 0 amide bonds. The molecule has 0 aliphatic rings. The van der Waals surface area contributed by atoms with Crippen molar-refractivity contribution in [2.24, 2.45) is 0 Å². The van der Waals surface area contributed by atoms with Gasteiger partial charge in [0.05, 0.1) is 5.60 Å². The molecule has 19 heavy (non-hydrogen) atoms. The smallest absolute Gasteiger partial charge is 0.0908 e. The van der Waals surface area contributed by atoms with Gasteiger partial charge >= 0.3 is 0 Å². The third-order valence-electron chi connectivity index (χ3n) is 3.42. The number of aryl methyl sites for hydroxylation is 1. The van der Waals surface area contributed by atoms with Crippen molar-refractivity contribution in [2.75, 3.05) is 0 Å². The van der Waals surface area contributed by atoms with E-state index in [9.17, 15) is 5.11 Å². The Morgan fingerprint density at radius 1 is 1.05 bits per heavy atom. The van der Waals surface area contributed by atoms with Crippen molar-refractivity contribution in [2.45, 2.75) is 32.3 Å². The topological polar surface area (TPSA) is 20.2 Å². The molecule has 0 saturated carbocycles. The highest BCUT2D eigenvalue weighted by Crippen LogP contribution is 2.26. The van der Waals surface area contributed by atoms with E-state index >= 15 is 0 Å². The van der Waals surface area contributed by atoms with Crippen molar-refractivity contribution in [1.82, 2.24) is 0 Å². The summed E-state index contributed by atoms with van der Waals surface area (Å²) in [5, 5.41) is 10.7. The molecule has 2 aromatic rings. The van der Waals surface area contributed by atoms with Crippen LogP contribution in [-0.2, 0) is 18.4 Å². The summed E-state index contributed by atoms with van der Waals surface area (Å²) < 4.78 is 1.06. The van der Waals surface area contributed by atoms with E-state index in [1.165, 1.54) is 5.56 Å². The van der Waals surface area contributed by atoms with Crippen LogP contribution in [0.25, 0.3) is 0 Å². The molecule has 0 heterocycles. The summed E-state index contributed by atoms with van der Waals surface area (Å²) in [6.45, 7) is 4.01. The van der Waals surface area contributed by atoms with Gasteiger partial charge in [0.2, 0.25) is 0 Å². The summed E-state index contributed by atoms with van der Waals surface area (Å²) in [5.41, 5.74) is 2.54. The van der Waals surface area contributed by atoms with Crippen LogP contribution in [0.3, 0.4) is 0 Å². The Hall–Kier alpha value is -1.12. The van der Waals surface area contributed by atoms with Crippen molar-refractivity contribution in [3.8, 4) is 0 Å². The van der Waals surface area contributed by atoms with E-state index in [4.69, 9.17) is 0 Å². The largest absolute Gasteiger partial charge is 0.385 e. The first-order valence-electron chi connectivity index (χ1n) is 6.57. The summed E-state index contributed by atoms with van der Waals surface area (Å²) in [7, 11) is 0. The van der Waals surface area contributed by atoms with Crippen molar-refractivity contribution in [3.05, 3.63) is 69.7 Å². The van der Waals surface area contributed by atoms with Crippen molar-refractivity contribution in [1.29, 1.82) is 0 Å². The van der Waals surface area contributed by atoms with Crippen molar-refractivity contribution >= 4 is 15.9 Å². The number of halogens is 1. The van der Waals surface area contributed by atoms with Gasteiger partial charge in [-0.2, -0.15) is 0 Å². The van der Waals surface area contributed by atoms with Gasteiger partial charge in [0, 0.05) is 10.9 Å². The van der Waals surface area contributed by atoms with E-state index in [1.807, 2.05) is 43.3 Å². The van der Waals surface area contributed by atoms with Crippen molar-refractivity contribution in [3.63, 3.8) is 0 Å². The first-order valence-corrected chi connectivity index (χ1v) is 7.37. The first kappa shape index (κ1) is 14.3. The lowest BCUT2D eigenvalue weighted by atomic mass is 9.88. The Bertz CT molecular complexity index is 543. The second kappa shape index (κ2) is 5.89. The van der Waals surface area contributed by atoms with Crippen LogP contribution < -0.4 is 0 Å². The fourth-order valence-electron chi connectivity index (χ4n) is 2.23. The highest BCUT2D eigenvalue weighted by molar-refractivity contribution is 9.10. The number of rotatable bonds is 4. The molecule has 2 rings (SSSR count). The quantitative estimate of drug-likeness (QED) is 0.882. The lowest BCUT2D eigenvalue weighted by Crippen LogP contribution is -2.24. The van der Waals surface area contributed by atoms with Gasteiger partial charge in [0.1, 0.15) is 0 Å². The van der Waals surface area contributed by atoms with Crippen LogP contribution in [0.1, 0.15) is 30.5 Å². The van der Waals surface area contributed by atoms with Crippen molar-refractivity contribution < 1.29 is 5.11 Å². The summed E-state index contributed by atoms with van der Waals surface area (Å²) in [4.78, 5) is 0. The minimum Gasteiger partial charge on any atom is -0.385 e. The normalized spacial score (nSPS) is 14.1. The Labute approximate surface area is 123 Å². The number of hydrogen-bond acceptors (Lipinski definition) is 1. The SMILES string of the molecule is CCc1cccc(C(C)(O)Cc2ccc(Br)cc2)c1. The molecule has 0 fully saturated rings.